The fourth-order valence-corrected chi connectivity index (χ4v) is 2.77. The largest absolute Gasteiger partial charge is 0.261 e. The van der Waals surface area contributed by atoms with Crippen LogP contribution in [0.15, 0.2) is 48.7 Å². The van der Waals surface area contributed by atoms with Crippen LogP contribution >= 0.6 is 0 Å². The second kappa shape index (κ2) is 6.63. The van der Waals surface area contributed by atoms with Crippen LogP contribution < -0.4 is 4.72 Å². The Kier molecular flexibility index (Phi) is 4.87. The molecule has 0 saturated carbocycles. The molecule has 0 bridgehead atoms. The monoisotopic (exact) mass is 290 g/mol. The van der Waals surface area contributed by atoms with Crippen molar-refractivity contribution in [2.24, 2.45) is 0 Å². The molecule has 1 aromatic carbocycles. The summed E-state index contributed by atoms with van der Waals surface area (Å²) in [5, 5.41) is 0. The highest BCUT2D eigenvalue weighted by molar-refractivity contribution is 7.89. The molecule has 0 spiro atoms. The van der Waals surface area contributed by atoms with Gasteiger partial charge in [0.2, 0.25) is 10.0 Å². The first-order valence-electron chi connectivity index (χ1n) is 6.48. The summed E-state index contributed by atoms with van der Waals surface area (Å²) in [6, 6.07) is 13.3. The summed E-state index contributed by atoms with van der Waals surface area (Å²) in [4.78, 5) is 4.12. The van der Waals surface area contributed by atoms with Gasteiger partial charge in [-0.3, -0.25) is 4.98 Å². The fourth-order valence-electron chi connectivity index (χ4n) is 1.76. The van der Waals surface area contributed by atoms with E-state index in [-0.39, 0.29) is 5.75 Å². The first kappa shape index (κ1) is 14.7. The molecule has 0 radical (unpaired) electrons. The maximum absolute atomic E-state index is 11.9. The Morgan fingerprint density at radius 3 is 2.50 bits per heavy atom. The van der Waals surface area contributed by atoms with E-state index in [0.717, 1.165) is 16.8 Å². The van der Waals surface area contributed by atoms with Crippen molar-refractivity contribution in [1.82, 2.24) is 9.71 Å². The van der Waals surface area contributed by atoms with Crippen LogP contribution in [-0.2, 0) is 23.0 Å². The van der Waals surface area contributed by atoms with E-state index in [1.807, 2.05) is 49.4 Å². The summed E-state index contributed by atoms with van der Waals surface area (Å²) in [7, 11) is -3.28. The average Bonchev–Trinajstić information content (AvgIpc) is 2.46. The van der Waals surface area contributed by atoms with Crippen LogP contribution in [0.2, 0.25) is 0 Å². The van der Waals surface area contributed by atoms with Crippen LogP contribution in [0.25, 0.3) is 0 Å². The minimum Gasteiger partial charge on any atom is -0.261 e. The maximum Gasteiger partial charge on any atom is 0.212 e. The molecule has 4 nitrogen and oxygen atoms in total. The van der Waals surface area contributed by atoms with Gasteiger partial charge in [0.15, 0.2) is 0 Å². The lowest BCUT2D eigenvalue weighted by Gasteiger charge is -2.07. The number of benzene rings is 1. The Balaban J connectivity index is 1.86. The van der Waals surface area contributed by atoms with E-state index in [1.165, 1.54) is 0 Å². The van der Waals surface area contributed by atoms with Gasteiger partial charge in [-0.2, -0.15) is 0 Å². The highest BCUT2D eigenvalue weighted by Gasteiger charge is 2.10. The summed E-state index contributed by atoms with van der Waals surface area (Å²) in [5.41, 5.74) is 2.90. The Morgan fingerprint density at radius 2 is 1.85 bits per heavy atom. The van der Waals surface area contributed by atoms with Crippen molar-refractivity contribution < 1.29 is 8.42 Å². The molecule has 1 N–H and O–H groups in total. The molecule has 106 valence electrons. The van der Waals surface area contributed by atoms with Gasteiger partial charge in [0, 0.05) is 24.9 Å². The molecule has 1 heterocycles. The molecule has 1 aromatic heterocycles. The number of pyridine rings is 1. The third-order valence-corrected chi connectivity index (χ3v) is 4.30. The summed E-state index contributed by atoms with van der Waals surface area (Å²) < 4.78 is 26.4. The third-order valence-electron chi connectivity index (χ3n) is 2.97. The van der Waals surface area contributed by atoms with Crippen LogP contribution in [0.3, 0.4) is 0 Å². The molecule has 20 heavy (non-hydrogen) atoms. The number of aromatic nitrogens is 1. The van der Waals surface area contributed by atoms with Crippen molar-refractivity contribution in [3.05, 3.63) is 65.5 Å². The average molecular weight is 290 g/mol. The second-order valence-electron chi connectivity index (χ2n) is 4.70. The molecule has 0 saturated heterocycles. The number of hydrogen-bond donors (Lipinski definition) is 1. The van der Waals surface area contributed by atoms with Gasteiger partial charge < -0.3 is 0 Å². The normalized spacial score (nSPS) is 11.4. The quantitative estimate of drug-likeness (QED) is 0.886. The molecule has 0 unspecified atom stereocenters. The number of sulfonamides is 1. The van der Waals surface area contributed by atoms with E-state index in [0.29, 0.717) is 13.0 Å². The first-order chi connectivity index (χ1) is 9.55. The summed E-state index contributed by atoms with van der Waals surface area (Å²) in [6.07, 6.45) is 2.09. The predicted octanol–water partition coefficient (Wildman–Crippen LogP) is 2.05. The van der Waals surface area contributed by atoms with E-state index in [9.17, 15) is 8.42 Å². The molecular formula is C15H18N2O2S. The van der Waals surface area contributed by atoms with Gasteiger partial charge in [0.25, 0.3) is 0 Å². The molecule has 0 amide bonds. The van der Waals surface area contributed by atoms with Crippen molar-refractivity contribution in [1.29, 1.82) is 0 Å². The molecule has 0 aliphatic carbocycles. The van der Waals surface area contributed by atoms with Crippen molar-refractivity contribution >= 4 is 10.0 Å². The van der Waals surface area contributed by atoms with Gasteiger partial charge in [-0.15, -0.1) is 0 Å². The van der Waals surface area contributed by atoms with Crippen LogP contribution in [-0.4, -0.2) is 19.2 Å². The van der Waals surface area contributed by atoms with Crippen LogP contribution in [0.1, 0.15) is 16.8 Å². The minimum atomic E-state index is -3.28. The van der Waals surface area contributed by atoms with E-state index in [4.69, 9.17) is 0 Å². The van der Waals surface area contributed by atoms with E-state index in [1.54, 1.807) is 6.20 Å². The molecule has 0 atom stereocenters. The predicted molar refractivity (Wildman–Crippen MR) is 79.7 cm³/mol. The van der Waals surface area contributed by atoms with Gasteiger partial charge in [0.05, 0.1) is 5.75 Å². The van der Waals surface area contributed by atoms with Crippen molar-refractivity contribution in [3.8, 4) is 0 Å². The Bertz CT molecular complexity index is 637. The molecule has 0 fully saturated rings. The molecular weight excluding hydrogens is 272 g/mol. The third kappa shape index (κ3) is 4.75. The van der Waals surface area contributed by atoms with Gasteiger partial charge in [0.1, 0.15) is 0 Å². The number of rotatable bonds is 6. The Morgan fingerprint density at radius 1 is 1.10 bits per heavy atom. The van der Waals surface area contributed by atoms with Crippen molar-refractivity contribution in [2.45, 2.75) is 19.9 Å². The van der Waals surface area contributed by atoms with Crippen LogP contribution in [0.4, 0.5) is 0 Å². The second-order valence-corrected chi connectivity index (χ2v) is 6.62. The maximum atomic E-state index is 11.9. The van der Waals surface area contributed by atoms with Gasteiger partial charge in [-0.05, 0) is 24.6 Å². The van der Waals surface area contributed by atoms with Crippen molar-refractivity contribution in [3.63, 3.8) is 0 Å². The van der Waals surface area contributed by atoms with E-state index >= 15 is 0 Å². The first-order valence-corrected chi connectivity index (χ1v) is 8.13. The SMILES string of the molecule is Cc1ccc(CNS(=O)(=O)CCc2ccccn2)cc1. The molecule has 0 aliphatic heterocycles. The molecule has 2 aromatic rings. The zero-order valence-corrected chi connectivity index (χ0v) is 12.2. The van der Waals surface area contributed by atoms with E-state index in [2.05, 4.69) is 9.71 Å². The number of aryl methyl sites for hydroxylation is 2. The van der Waals surface area contributed by atoms with Crippen LogP contribution in [0, 0.1) is 6.92 Å². The molecule has 0 aliphatic rings. The number of nitrogens with one attached hydrogen (secondary N) is 1. The topological polar surface area (TPSA) is 59.1 Å². The zero-order chi connectivity index (χ0) is 14.4. The summed E-state index contributed by atoms with van der Waals surface area (Å²) in [6.45, 7) is 2.33. The standard InChI is InChI=1S/C15H18N2O2S/c1-13-5-7-14(8-6-13)12-17-20(18,19)11-9-15-4-2-3-10-16-15/h2-8,10,17H,9,11-12H2,1H3. The Labute approximate surface area is 119 Å². The zero-order valence-electron chi connectivity index (χ0n) is 11.4. The minimum absolute atomic E-state index is 0.0515. The van der Waals surface area contributed by atoms with Crippen LogP contribution in [0.5, 0.6) is 0 Å². The van der Waals surface area contributed by atoms with Gasteiger partial charge in [-0.1, -0.05) is 35.9 Å². The Hall–Kier alpha value is -1.72. The number of hydrogen-bond acceptors (Lipinski definition) is 3. The van der Waals surface area contributed by atoms with Gasteiger partial charge in [-0.25, -0.2) is 13.1 Å². The highest BCUT2D eigenvalue weighted by Crippen LogP contribution is 2.04. The van der Waals surface area contributed by atoms with E-state index < -0.39 is 10.0 Å². The summed E-state index contributed by atoms with van der Waals surface area (Å²) in [5.74, 6) is 0.0515. The number of nitrogens with zero attached hydrogens (tertiary/aromatic N) is 1. The lowest BCUT2D eigenvalue weighted by molar-refractivity contribution is 0.580. The fraction of sp³-hybridized carbons (Fsp3) is 0.267. The lowest BCUT2D eigenvalue weighted by atomic mass is 10.2. The van der Waals surface area contributed by atoms with Crippen molar-refractivity contribution in [2.75, 3.05) is 5.75 Å². The summed E-state index contributed by atoms with van der Waals surface area (Å²) >= 11 is 0. The molecule has 5 heteroatoms. The highest BCUT2D eigenvalue weighted by atomic mass is 32.2. The molecule has 2 rings (SSSR count). The van der Waals surface area contributed by atoms with Gasteiger partial charge >= 0.3 is 0 Å². The smallest absolute Gasteiger partial charge is 0.212 e. The lowest BCUT2D eigenvalue weighted by Crippen LogP contribution is -2.27.